The lowest BCUT2D eigenvalue weighted by atomic mass is 10.2. The maximum absolute atomic E-state index is 9.65. The van der Waals surface area contributed by atoms with Crippen LogP contribution in [0.1, 0.15) is 18.9 Å². The summed E-state index contributed by atoms with van der Waals surface area (Å²) in [6.07, 6.45) is 0.533. The minimum absolute atomic E-state index is 0.254. The first-order valence-corrected chi connectivity index (χ1v) is 5.90. The smallest absolute Gasteiger partial charge is 0.0664 e. The van der Waals surface area contributed by atoms with Gasteiger partial charge < -0.3 is 10.8 Å². The van der Waals surface area contributed by atoms with Crippen molar-refractivity contribution in [1.29, 1.82) is 0 Å². The second kappa shape index (κ2) is 7.39. The summed E-state index contributed by atoms with van der Waals surface area (Å²) < 4.78 is 0. The van der Waals surface area contributed by atoms with Crippen LogP contribution in [-0.2, 0) is 6.54 Å². The molecule has 0 radical (unpaired) electrons. The average molecular weight is 222 g/mol. The van der Waals surface area contributed by atoms with Gasteiger partial charge in [-0.1, -0.05) is 37.3 Å². The quantitative estimate of drug-likeness (QED) is 0.729. The van der Waals surface area contributed by atoms with Crippen LogP contribution in [0.15, 0.2) is 30.3 Å². The minimum atomic E-state index is -0.254. The van der Waals surface area contributed by atoms with E-state index in [1.54, 1.807) is 0 Å². The Bertz CT molecular complexity index is 277. The standard InChI is InChI=1S/C13H22N2O/c1-2-13(16)11-15(9-8-14)10-12-6-4-3-5-7-12/h3-7,13,16H,2,8-11,14H2,1H3/t13-/m0/s1. The number of hydrogen-bond acceptors (Lipinski definition) is 3. The lowest BCUT2D eigenvalue weighted by Crippen LogP contribution is -2.35. The molecule has 0 heterocycles. The van der Waals surface area contributed by atoms with Gasteiger partial charge in [0.15, 0.2) is 0 Å². The van der Waals surface area contributed by atoms with Crippen LogP contribution in [0.5, 0.6) is 0 Å². The summed E-state index contributed by atoms with van der Waals surface area (Å²) in [5.41, 5.74) is 6.84. The van der Waals surface area contributed by atoms with Gasteiger partial charge in [0.2, 0.25) is 0 Å². The second-order valence-electron chi connectivity index (χ2n) is 4.07. The van der Waals surface area contributed by atoms with Crippen LogP contribution in [0.3, 0.4) is 0 Å². The molecule has 0 aromatic heterocycles. The molecule has 0 unspecified atom stereocenters. The number of aliphatic hydroxyl groups excluding tert-OH is 1. The predicted molar refractivity (Wildman–Crippen MR) is 67.1 cm³/mol. The summed E-state index contributed by atoms with van der Waals surface area (Å²) in [5.74, 6) is 0. The summed E-state index contributed by atoms with van der Waals surface area (Å²) in [6.45, 7) is 5.00. The van der Waals surface area contributed by atoms with Crippen LogP contribution in [-0.4, -0.2) is 35.7 Å². The van der Waals surface area contributed by atoms with E-state index < -0.39 is 0 Å². The molecule has 0 spiro atoms. The molecule has 90 valence electrons. The molecule has 0 bridgehead atoms. The average Bonchev–Trinajstić information content (AvgIpc) is 2.30. The molecule has 1 aromatic carbocycles. The number of nitrogens with zero attached hydrogens (tertiary/aromatic N) is 1. The zero-order chi connectivity index (χ0) is 11.8. The Morgan fingerprint density at radius 1 is 1.31 bits per heavy atom. The highest BCUT2D eigenvalue weighted by Gasteiger charge is 2.09. The van der Waals surface area contributed by atoms with Crippen LogP contribution in [0.2, 0.25) is 0 Å². The van der Waals surface area contributed by atoms with E-state index in [4.69, 9.17) is 5.73 Å². The molecule has 1 atom stereocenters. The van der Waals surface area contributed by atoms with Crippen molar-refractivity contribution in [3.8, 4) is 0 Å². The fraction of sp³-hybridized carbons (Fsp3) is 0.538. The molecule has 16 heavy (non-hydrogen) atoms. The molecule has 0 fully saturated rings. The maximum Gasteiger partial charge on any atom is 0.0664 e. The topological polar surface area (TPSA) is 49.5 Å². The maximum atomic E-state index is 9.65. The van der Waals surface area contributed by atoms with Gasteiger partial charge in [0.25, 0.3) is 0 Å². The van der Waals surface area contributed by atoms with Crippen molar-refractivity contribution < 1.29 is 5.11 Å². The highest BCUT2D eigenvalue weighted by Crippen LogP contribution is 2.05. The number of aliphatic hydroxyl groups is 1. The predicted octanol–water partition coefficient (Wildman–Crippen LogP) is 1.22. The van der Waals surface area contributed by atoms with Crippen molar-refractivity contribution in [3.63, 3.8) is 0 Å². The Balaban J connectivity index is 2.50. The molecule has 0 aliphatic carbocycles. The Morgan fingerprint density at radius 2 is 2.00 bits per heavy atom. The van der Waals surface area contributed by atoms with E-state index in [0.29, 0.717) is 13.1 Å². The molecule has 0 aliphatic heterocycles. The Kier molecular flexibility index (Phi) is 6.08. The molecular formula is C13H22N2O. The largest absolute Gasteiger partial charge is 0.392 e. The molecule has 3 nitrogen and oxygen atoms in total. The lowest BCUT2D eigenvalue weighted by molar-refractivity contribution is 0.107. The summed E-state index contributed by atoms with van der Waals surface area (Å²) in [7, 11) is 0. The Hall–Kier alpha value is -0.900. The van der Waals surface area contributed by atoms with Crippen LogP contribution < -0.4 is 5.73 Å². The number of hydrogen-bond donors (Lipinski definition) is 2. The number of nitrogens with two attached hydrogens (primary N) is 1. The monoisotopic (exact) mass is 222 g/mol. The van der Waals surface area contributed by atoms with Gasteiger partial charge >= 0.3 is 0 Å². The van der Waals surface area contributed by atoms with E-state index in [0.717, 1.165) is 19.5 Å². The molecule has 0 saturated carbocycles. The van der Waals surface area contributed by atoms with Gasteiger partial charge in [-0.2, -0.15) is 0 Å². The van der Waals surface area contributed by atoms with Crippen molar-refractivity contribution in [3.05, 3.63) is 35.9 Å². The van der Waals surface area contributed by atoms with Crippen LogP contribution in [0.25, 0.3) is 0 Å². The zero-order valence-corrected chi connectivity index (χ0v) is 9.97. The molecule has 0 amide bonds. The Morgan fingerprint density at radius 3 is 2.56 bits per heavy atom. The van der Waals surface area contributed by atoms with Crippen LogP contribution in [0.4, 0.5) is 0 Å². The lowest BCUT2D eigenvalue weighted by Gasteiger charge is -2.24. The molecule has 0 saturated heterocycles. The summed E-state index contributed by atoms with van der Waals surface area (Å²) in [5, 5.41) is 9.65. The van der Waals surface area contributed by atoms with Gasteiger partial charge in [0.05, 0.1) is 6.10 Å². The molecule has 3 N–H and O–H groups in total. The third kappa shape index (κ3) is 4.75. The van der Waals surface area contributed by atoms with E-state index in [9.17, 15) is 5.11 Å². The first-order chi connectivity index (χ1) is 7.76. The van der Waals surface area contributed by atoms with Crippen LogP contribution >= 0.6 is 0 Å². The van der Waals surface area contributed by atoms with E-state index in [1.807, 2.05) is 25.1 Å². The van der Waals surface area contributed by atoms with Gasteiger partial charge in [0.1, 0.15) is 0 Å². The molecule has 0 aliphatic rings. The fourth-order valence-electron chi connectivity index (χ4n) is 1.69. The summed E-state index contributed by atoms with van der Waals surface area (Å²) >= 11 is 0. The number of rotatable bonds is 7. The van der Waals surface area contributed by atoms with Crippen molar-refractivity contribution in [2.75, 3.05) is 19.6 Å². The van der Waals surface area contributed by atoms with Gasteiger partial charge in [-0.15, -0.1) is 0 Å². The van der Waals surface area contributed by atoms with E-state index in [2.05, 4.69) is 17.0 Å². The molecule has 1 rings (SSSR count). The van der Waals surface area contributed by atoms with Gasteiger partial charge in [0, 0.05) is 26.2 Å². The molecule has 1 aromatic rings. The first-order valence-electron chi connectivity index (χ1n) is 5.90. The van der Waals surface area contributed by atoms with Gasteiger partial charge in [-0.05, 0) is 12.0 Å². The zero-order valence-electron chi connectivity index (χ0n) is 9.97. The van der Waals surface area contributed by atoms with E-state index in [-0.39, 0.29) is 6.10 Å². The number of benzene rings is 1. The van der Waals surface area contributed by atoms with Crippen molar-refractivity contribution in [2.45, 2.75) is 26.0 Å². The summed E-state index contributed by atoms with van der Waals surface area (Å²) in [6, 6.07) is 10.3. The highest BCUT2D eigenvalue weighted by molar-refractivity contribution is 5.14. The third-order valence-electron chi connectivity index (χ3n) is 2.63. The van der Waals surface area contributed by atoms with Crippen molar-refractivity contribution >= 4 is 0 Å². The SMILES string of the molecule is CC[C@H](O)CN(CCN)Cc1ccccc1. The first kappa shape index (κ1) is 13.2. The molecule has 3 heteroatoms. The molecular weight excluding hydrogens is 200 g/mol. The highest BCUT2D eigenvalue weighted by atomic mass is 16.3. The minimum Gasteiger partial charge on any atom is -0.392 e. The van der Waals surface area contributed by atoms with E-state index >= 15 is 0 Å². The Labute approximate surface area is 97.9 Å². The van der Waals surface area contributed by atoms with Crippen molar-refractivity contribution in [2.24, 2.45) is 5.73 Å². The third-order valence-corrected chi connectivity index (χ3v) is 2.63. The van der Waals surface area contributed by atoms with Crippen LogP contribution in [0, 0.1) is 0 Å². The summed E-state index contributed by atoms with van der Waals surface area (Å²) in [4.78, 5) is 2.20. The van der Waals surface area contributed by atoms with E-state index in [1.165, 1.54) is 5.56 Å². The fourth-order valence-corrected chi connectivity index (χ4v) is 1.69. The second-order valence-corrected chi connectivity index (χ2v) is 4.07. The van der Waals surface area contributed by atoms with Gasteiger partial charge in [-0.3, -0.25) is 4.90 Å². The van der Waals surface area contributed by atoms with Gasteiger partial charge in [-0.25, -0.2) is 0 Å². The normalized spacial score (nSPS) is 13.0. The van der Waals surface area contributed by atoms with Crippen molar-refractivity contribution in [1.82, 2.24) is 4.90 Å².